The summed E-state index contributed by atoms with van der Waals surface area (Å²) in [4.78, 5) is 17.0. The molecular weight excluding hydrogens is 354 g/mol. The van der Waals surface area contributed by atoms with Gasteiger partial charge in [0.1, 0.15) is 11.4 Å². The smallest absolute Gasteiger partial charge is 0.224 e. The number of hydrogen-bond acceptors (Lipinski definition) is 5. The lowest BCUT2D eigenvalue weighted by atomic mass is 10.2. The van der Waals surface area contributed by atoms with Gasteiger partial charge in [0.2, 0.25) is 5.91 Å². The molecule has 1 fully saturated rings. The molecule has 0 saturated carbocycles. The van der Waals surface area contributed by atoms with Crippen LogP contribution in [0.4, 0.5) is 0 Å². The normalized spacial score (nSPS) is 15.5. The first-order chi connectivity index (χ1) is 13.5. The largest absolute Gasteiger partial charge is 0.344 e. The Morgan fingerprint density at radius 1 is 1.07 bits per heavy atom. The molecule has 1 amide bonds. The van der Waals surface area contributed by atoms with E-state index >= 15 is 0 Å². The van der Waals surface area contributed by atoms with Gasteiger partial charge in [0.05, 0.1) is 0 Å². The van der Waals surface area contributed by atoms with E-state index in [2.05, 4.69) is 57.9 Å². The van der Waals surface area contributed by atoms with Crippen LogP contribution in [-0.2, 0) is 17.9 Å². The Hall–Kier alpha value is -2.67. The summed E-state index contributed by atoms with van der Waals surface area (Å²) >= 11 is 0. The van der Waals surface area contributed by atoms with Gasteiger partial charge >= 0.3 is 0 Å². The fraction of sp³-hybridized carbons (Fsp3) is 0.476. The summed E-state index contributed by atoms with van der Waals surface area (Å²) < 4.78 is 7.05. The summed E-state index contributed by atoms with van der Waals surface area (Å²) in [7, 11) is 0. The quantitative estimate of drug-likeness (QED) is 0.680. The molecule has 0 bridgehead atoms. The van der Waals surface area contributed by atoms with E-state index in [-0.39, 0.29) is 5.91 Å². The minimum absolute atomic E-state index is 0.230. The molecule has 0 unspecified atom stereocenters. The molecule has 28 heavy (non-hydrogen) atoms. The Morgan fingerprint density at radius 2 is 1.82 bits per heavy atom. The van der Waals surface area contributed by atoms with Crippen molar-refractivity contribution in [2.75, 3.05) is 26.2 Å². The number of carbonyl (C=O) groups excluding carboxylic acids is 1. The van der Waals surface area contributed by atoms with E-state index in [1.54, 1.807) is 0 Å². The molecule has 3 heterocycles. The van der Waals surface area contributed by atoms with Crippen LogP contribution in [-0.4, -0.2) is 56.8 Å². The molecule has 0 spiro atoms. The van der Waals surface area contributed by atoms with Crippen molar-refractivity contribution in [2.24, 2.45) is 0 Å². The molecule has 3 aromatic rings. The highest BCUT2D eigenvalue weighted by molar-refractivity contribution is 5.85. The number of para-hydroxylation sites is 1. The average Bonchev–Trinajstić information content (AvgIpc) is 3.22. The highest BCUT2D eigenvalue weighted by Gasteiger charge is 2.22. The van der Waals surface area contributed by atoms with Crippen molar-refractivity contribution in [2.45, 2.75) is 40.3 Å². The van der Waals surface area contributed by atoms with E-state index in [0.717, 1.165) is 50.7 Å². The van der Waals surface area contributed by atoms with E-state index in [9.17, 15) is 4.79 Å². The summed E-state index contributed by atoms with van der Waals surface area (Å²) in [6, 6.07) is 8.42. The van der Waals surface area contributed by atoms with Crippen molar-refractivity contribution in [1.82, 2.24) is 24.7 Å². The van der Waals surface area contributed by atoms with Crippen LogP contribution in [0.2, 0.25) is 0 Å². The van der Waals surface area contributed by atoms with Gasteiger partial charge in [-0.3, -0.25) is 9.69 Å². The zero-order valence-corrected chi connectivity index (χ0v) is 16.8. The standard InChI is InChI=1S/C21H27N5O2/c1-15-17(3)26(20-7-5-4-6-18(15)20)9-8-21(27)25-12-10-24(11-13-25)14-19-16(2)22-28-23-19/h4-7H,8-14H2,1-3H3. The topological polar surface area (TPSA) is 67.4 Å². The third-order valence-electron chi connectivity index (χ3n) is 5.94. The number of amides is 1. The minimum atomic E-state index is 0.230. The molecule has 0 radical (unpaired) electrons. The third kappa shape index (κ3) is 3.54. The van der Waals surface area contributed by atoms with Crippen molar-refractivity contribution >= 4 is 16.8 Å². The summed E-state index contributed by atoms with van der Waals surface area (Å²) in [6.07, 6.45) is 0.533. The molecule has 7 heteroatoms. The van der Waals surface area contributed by atoms with E-state index in [0.29, 0.717) is 6.42 Å². The number of piperazine rings is 1. The number of rotatable bonds is 5. The number of hydrogen-bond donors (Lipinski definition) is 0. The van der Waals surface area contributed by atoms with Gasteiger partial charge < -0.3 is 9.47 Å². The van der Waals surface area contributed by atoms with Gasteiger partial charge in [-0.05, 0) is 32.4 Å². The third-order valence-corrected chi connectivity index (χ3v) is 5.94. The lowest BCUT2D eigenvalue weighted by Gasteiger charge is -2.34. The van der Waals surface area contributed by atoms with Crippen LogP contribution in [0.3, 0.4) is 0 Å². The molecule has 0 aliphatic carbocycles. The highest BCUT2D eigenvalue weighted by Crippen LogP contribution is 2.25. The number of fused-ring (bicyclic) bond motifs is 1. The number of aryl methyl sites for hydroxylation is 3. The van der Waals surface area contributed by atoms with Gasteiger partial charge in [0, 0.05) is 62.3 Å². The van der Waals surface area contributed by atoms with E-state index in [1.807, 2.05) is 11.8 Å². The highest BCUT2D eigenvalue weighted by atomic mass is 16.6. The molecule has 7 nitrogen and oxygen atoms in total. The van der Waals surface area contributed by atoms with Gasteiger partial charge in [-0.1, -0.05) is 28.5 Å². The number of aromatic nitrogens is 3. The molecule has 4 rings (SSSR count). The predicted molar refractivity (Wildman–Crippen MR) is 107 cm³/mol. The maximum absolute atomic E-state index is 12.8. The van der Waals surface area contributed by atoms with E-state index < -0.39 is 0 Å². The Bertz CT molecular complexity index is 982. The number of nitrogens with zero attached hydrogens (tertiary/aromatic N) is 5. The van der Waals surface area contributed by atoms with Gasteiger partial charge in [-0.25, -0.2) is 4.63 Å². The summed E-state index contributed by atoms with van der Waals surface area (Å²) in [6.45, 7) is 10.9. The van der Waals surface area contributed by atoms with Crippen LogP contribution in [0.1, 0.15) is 29.1 Å². The van der Waals surface area contributed by atoms with Gasteiger partial charge in [0.15, 0.2) is 0 Å². The predicted octanol–water partition coefficient (Wildman–Crippen LogP) is 2.68. The Balaban J connectivity index is 1.33. The van der Waals surface area contributed by atoms with Gasteiger partial charge in [0.25, 0.3) is 0 Å². The molecule has 2 aromatic heterocycles. The SMILES string of the molecule is Cc1nonc1CN1CCN(C(=O)CCn2c(C)c(C)c3ccccc32)CC1. The van der Waals surface area contributed by atoms with Crippen LogP contribution in [0.5, 0.6) is 0 Å². The fourth-order valence-corrected chi connectivity index (χ4v) is 4.02. The first-order valence-electron chi connectivity index (χ1n) is 9.87. The zero-order chi connectivity index (χ0) is 19.7. The lowest BCUT2D eigenvalue weighted by Crippen LogP contribution is -2.48. The fourth-order valence-electron chi connectivity index (χ4n) is 4.02. The van der Waals surface area contributed by atoms with Crippen molar-refractivity contribution in [3.8, 4) is 0 Å². The van der Waals surface area contributed by atoms with Crippen LogP contribution in [0, 0.1) is 20.8 Å². The maximum atomic E-state index is 12.8. The second kappa shape index (κ2) is 7.75. The minimum Gasteiger partial charge on any atom is -0.344 e. The molecule has 1 aromatic carbocycles. The molecule has 1 aliphatic heterocycles. The monoisotopic (exact) mass is 381 g/mol. The summed E-state index contributed by atoms with van der Waals surface area (Å²) in [5, 5.41) is 9.06. The molecule has 148 valence electrons. The summed E-state index contributed by atoms with van der Waals surface area (Å²) in [5.41, 5.74) is 5.48. The van der Waals surface area contributed by atoms with E-state index in [1.165, 1.54) is 22.2 Å². The summed E-state index contributed by atoms with van der Waals surface area (Å²) in [5.74, 6) is 0.230. The number of carbonyl (C=O) groups is 1. The van der Waals surface area contributed by atoms with Crippen LogP contribution in [0.15, 0.2) is 28.9 Å². The van der Waals surface area contributed by atoms with Crippen LogP contribution >= 0.6 is 0 Å². The zero-order valence-electron chi connectivity index (χ0n) is 16.8. The van der Waals surface area contributed by atoms with Crippen molar-refractivity contribution < 1.29 is 9.42 Å². The van der Waals surface area contributed by atoms with Crippen LogP contribution in [0.25, 0.3) is 10.9 Å². The first kappa shape index (κ1) is 18.7. The van der Waals surface area contributed by atoms with Gasteiger partial charge in [-0.15, -0.1) is 0 Å². The average molecular weight is 381 g/mol. The number of benzene rings is 1. The first-order valence-corrected chi connectivity index (χ1v) is 9.87. The molecule has 1 saturated heterocycles. The molecule has 0 N–H and O–H groups in total. The Morgan fingerprint density at radius 3 is 2.54 bits per heavy atom. The molecule has 0 atom stereocenters. The second-order valence-corrected chi connectivity index (χ2v) is 7.58. The molecule has 1 aliphatic rings. The maximum Gasteiger partial charge on any atom is 0.224 e. The second-order valence-electron chi connectivity index (χ2n) is 7.58. The van der Waals surface area contributed by atoms with Crippen LogP contribution < -0.4 is 0 Å². The molecular formula is C21H27N5O2. The lowest BCUT2D eigenvalue weighted by molar-refractivity contribution is -0.133. The Kier molecular flexibility index (Phi) is 5.17. The van der Waals surface area contributed by atoms with E-state index in [4.69, 9.17) is 4.63 Å². The van der Waals surface area contributed by atoms with Crippen molar-refractivity contribution in [3.05, 3.63) is 46.9 Å². The van der Waals surface area contributed by atoms with Crippen molar-refractivity contribution in [1.29, 1.82) is 0 Å². The van der Waals surface area contributed by atoms with Gasteiger partial charge in [-0.2, -0.15) is 0 Å². The Labute approximate surface area is 164 Å². The van der Waals surface area contributed by atoms with Crippen molar-refractivity contribution in [3.63, 3.8) is 0 Å².